The zero-order valence-corrected chi connectivity index (χ0v) is 16.1. The fourth-order valence-electron chi connectivity index (χ4n) is 3.43. The third-order valence-corrected chi connectivity index (χ3v) is 6.29. The van der Waals surface area contributed by atoms with Gasteiger partial charge in [-0.3, -0.25) is 14.2 Å². The van der Waals surface area contributed by atoms with E-state index < -0.39 is 0 Å². The molecule has 1 aliphatic rings. The van der Waals surface area contributed by atoms with Gasteiger partial charge in [0.2, 0.25) is 5.91 Å². The lowest BCUT2D eigenvalue weighted by atomic mass is 10.0. The molecule has 0 radical (unpaired) electrons. The Balaban J connectivity index is 1.71. The molecule has 3 heterocycles. The summed E-state index contributed by atoms with van der Waals surface area (Å²) in [4.78, 5) is 32.6. The van der Waals surface area contributed by atoms with Crippen molar-refractivity contribution in [2.45, 2.75) is 32.7 Å². The number of nitrogens with one attached hydrogen (secondary N) is 1. The van der Waals surface area contributed by atoms with Crippen molar-refractivity contribution in [3.63, 3.8) is 0 Å². The Morgan fingerprint density at radius 3 is 2.96 bits per heavy atom. The number of aryl methyl sites for hydroxylation is 2. The van der Waals surface area contributed by atoms with Gasteiger partial charge in [-0.05, 0) is 49.2 Å². The number of benzene rings is 1. The third kappa shape index (κ3) is 2.91. The maximum absolute atomic E-state index is 12.9. The minimum absolute atomic E-state index is 0.0459. The van der Waals surface area contributed by atoms with E-state index >= 15 is 0 Å². The number of amides is 1. The number of anilines is 1. The molecule has 1 amide bonds. The average molecular weight is 386 g/mol. The van der Waals surface area contributed by atoms with Crippen LogP contribution in [0.2, 0.25) is 0 Å². The van der Waals surface area contributed by atoms with E-state index in [9.17, 15) is 9.59 Å². The van der Waals surface area contributed by atoms with Gasteiger partial charge < -0.3 is 9.88 Å². The Labute approximate surface area is 159 Å². The molecule has 3 aromatic rings. The molecule has 2 aromatic heterocycles. The normalized spacial score (nSPS) is 13.8. The maximum Gasteiger partial charge on any atom is 0.263 e. The van der Waals surface area contributed by atoms with Gasteiger partial charge in [-0.1, -0.05) is 25.1 Å². The van der Waals surface area contributed by atoms with E-state index in [0.717, 1.165) is 34.7 Å². The molecule has 134 valence electrons. The lowest BCUT2D eigenvalue weighted by molar-refractivity contribution is -0.119. The van der Waals surface area contributed by atoms with Crippen molar-refractivity contribution in [1.29, 1.82) is 0 Å². The molecule has 0 atom stereocenters. The molecular weight excluding hydrogens is 366 g/mol. The largest absolute Gasteiger partial charge is 0.323 e. The summed E-state index contributed by atoms with van der Waals surface area (Å²) in [5.74, 6) is -0.107. The van der Waals surface area contributed by atoms with Crippen molar-refractivity contribution in [2.75, 3.05) is 11.4 Å². The Bertz CT molecular complexity index is 1110. The molecule has 0 saturated heterocycles. The molecule has 4 rings (SSSR count). The van der Waals surface area contributed by atoms with Crippen molar-refractivity contribution >= 4 is 45.4 Å². The van der Waals surface area contributed by atoms with Crippen LogP contribution in [0.3, 0.4) is 0 Å². The van der Waals surface area contributed by atoms with Crippen LogP contribution in [-0.2, 0) is 24.2 Å². The second kappa shape index (κ2) is 6.81. The molecule has 0 spiro atoms. The molecule has 0 unspecified atom stereocenters. The van der Waals surface area contributed by atoms with E-state index in [1.54, 1.807) is 16.2 Å². The van der Waals surface area contributed by atoms with E-state index in [2.05, 4.69) is 18.0 Å². The van der Waals surface area contributed by atoms with Crippen LogP contribution in [0.5, 0.6) is 0 Å². The fourth-order valence-corrected chi connectivity index (χ4v) is 4.73. The highest BCUT2D eigenvalue weighted by molar-refractivity contribution is 7.71. The molecule has 26 heavy (non-hydrogen) atoms. The summed E-state index contributed by atoms with van der Waals surface area (Å²) >= 11 is 6.89. The summed E-state index contributed by atoms with van der Waals surface area (Å²) in [6.07, 6.45) is 2.76. The van der Waals surface area contributed by atoms with E-state index in [-0.39, 0.29) is 18.0 Å². The molecule has 0 aliphatic carbocycles. The van der Waals surface area contributed by atoms with Crippen molar-refractivity contribution in [3.8, 4) is 0 Å². The van der Waals surface area contributed by atoms with Crippen LogP contribution in [0.4, 0.5) is 5.69 Å². The van der Waals surface area contributed by atoms with Gasteiger partial charge in [-0.15, -0.1) is 11.3 Å². The topological polar surface area (TPSA) is 58.1 Å². The number of carbonyl (C=O) groups excluding carboxylic acids is 1. The number of H-pyrrole nitrogens is 1. The molecule has 1 aromatic carbocycles. The van der Waals surface area contributed by atoms with E-state index in [1.807, 2.05) is 24.3 Å². The van der Waals surface area contributed by atoms with Crippen LogP contribution in [-0.4, -0.2) is 22.0 Å². The summed E-state index contributed by atoms with van der Waals surface area (Å²) in [5.41, 5.74) is 1.92. The first kappa shape index (κ1) is 17.2. The minimum Gasteiger partial charge on any atom is -0.323 e. The van der Waals surface area contributed by atoms with Crippen molar-refractivity contribution < 1.29 is 4.79 Å². The van der Waals surface area contributed by atoms with Crippen LogP contribution < -0.4 is 10.5 Å². The highest BCUT2D eigenvalue weighted by atomic mass is 32.1. The summed E-state index contributed by atoms with van der Waals surface area (Å²) in [5, 5.41) is 0.604. The van der Waals surface area contributed by atoms with Gasteiger partial charge in [0, 0.05) is 17.1 Å². The Morgan fingerprint density at radius 2 is 2.15 bits per heavy atom. The Kier molecular flexibility index (Phi) is 4.50. The van der Waals surface area contributed by atoms with Gasteiger partial charge in [0.25, 0.3) is 5.56 Å². The van der Waals surface area contributed by atoms with Gasteiger partial charge in [-0.25, -0.2) is 0 Å². The number of carbonyl (C=O) groups is 1. The van der Waals surface area contributed by atoms with Gasteiger partial charge in [0.15, 0.2) is 4.77 Å². The Morgan fingerprint density at radius 1 is 1.35 bits per heavy atom. The molecule has 0 fully saturated rings. The summed E-state index contributed by atoms with van der Waals surface area (Å²) < 4.78 is 1.68. The standard InChI is InChI=1S/C19H19N3O2S2/c1-2-13-10-14-17(26-13)20-19(25)22(18(14)24)11-16(23)21-9-5-7-12-6-3-4-8-15(12)21/h3-4,6,8,10H,2,5,7,9,11H2,1H3,(H,20,25). The maximum atomic E-state index is 12.9. The van der Waals surface area contributed by atoms with Crippen LogP contribution >= 0.6 is 23.6 Å². The van der Waals surface area contributed by atoms with Gasteiger partial charge in [0.05, 0.1) is 5.39 Å². The van der Waals surface area contributed by atoms with Gasteiger partial charge >= 0.3 is 0 Å². The Hall–Kier alpha value is -2.25. The first-order valence-electron chi connectivity index (χ1n) is 8.72. The third-order valence-electron chi connectivity index (χ3n) is 4.78. The molecule has 0 saturated carbocycles. The molecule has 1 N–H and O–H groups in total. The lowest BCUT2D eigenvalue weighted by Gasteiger charge is -2.29. The number of para-hydroxylation sites is 1. The summed E-state index contributed by atoms with van der Waals surface area (Å²) in [6.45, 7) is 2.67. The van der Waals surface area contributed by atoms with Crippen molar-refractivity contribution in [1.82, 2.24) is 9.55 Å². The summed E-state index contributed by atoms with van der Waals surface area (Å²) in [6, 6.07) is 9.84. The first-order chi connectivity index (χ1) is 12.6. The van der Waals surface area contributed by atoms with Gasteiger partial charge in [-0.2, -0.15) is 0 Å². The molecular formula is C19H19N3O2S2. The number of fused-ring (bicyclic) bond motifs is 2. The fraction of sp³-hybridized carbons (Fsp3) is 0.316. The van der Waals surface area contributed by atoms with Crippen molar-refractivity contribution in [3.05, 3.63) is 55.9 Å². The number of rotatable bonds is 3. The van der Waals surface area contributed by atoms with E-state index in [0.29, 0.717) is 16.7 Å². The zero-order chi connectivity index (χ0) is 18.3. The minimum atomic E-state index is -0.196. The second-order valence-corrected chi connectivity index (χ2v) is 7.93. The van der Waals surface area contributed by atoms with Gasteiger partial charge in [0.1, 0.15) is 11.4 Å². The van der Waals surface area contributed by atoms with Crippen molar-refractivity contribution in [2.24, 2.45) is 0 Å². The highest BCUT2D eigenvalue weighted by Gasteiger charge is 2.23. The van der Waals surface area contributed by atoms with Crippen LogP contribution in [0, 0.1) is 4.77 Å². The average Bonchev–Trinajstić information content (AvgIpc) is 3.07. The quantitative estimate of drug-likeness (QED) is 0.700. The van der Waals surface area contributed by atoms with E-state index in [1.165, 1.54) is 10.1 Å². The monoisotopic (exact) mass is 385 g/mol. The SMILES string of the molecule is CCc1cc2c(=O)n(CC(=O)N3CCCc4ccccc43)c(=S)[nH]c2s1. The number of nitrogens with zero attached hydrogens (tertiary/aromatic N) is 2. The second-order valence-electron chi connectivity index (χ2n) is 6.41. The van der Waals surface area contributed by atoms with Crippen LogP contribution in [0.15, 0.2) is 35.1 Å². The predicted octanol–water partition coefficient (Wildman–Crippen LogP) is 3.66. The molecule has 7 heteroatoms. The van der Waals surface area contributed by atoms with Crippen LogP contribution in [0.25, 0.3) is 10.2 Å². The van der Waals surface area contributed by atoms with Crippen LogP contribution in [0.1, 0.15) is 23.8 Å². The van der Waals surface area contributed by atoms with E-state index in [4.69, 9.17) is 12.2 Å². The molecule has 0 bridgehead atoms. The summed E-state index contributed by atoms with van der Waals surface area (Å²) in [7, 11) is 0. The molecule has 5 nitrogen and oxygen atoms in total. The first-order valence-corrected chi connectivity index (χ1v) is 9.94. The molecule has 1 aliphatic heterocycles. The lowest BCUT2D eigenvalue weighted by Crippen LogP contribution is -2.39. The number of hydrogen-bond acceptors (Lipinski definition) is 4. The highest BCUT2D eigenvalue weighted by Crippen LogP contribution is 2.27. The predicted molar refractivity (Wildman–Crippen MR) is 108 cm³/mol. The smallest absolute Gasteiger partial charge is 0.263 e. The number of aromatic amines is 1. The zero-order valence-electron chi connectivity index (χ0n) is 14.4. The number of thiophene rings is 1. The number of hydrogen-bond donors (Lipinski definition) is 1. The number of aromatic nitrogens is 2.